The van der Waals surface area contributed by atoms with Crippen LogP contribution in [0.15, 0.2) is 41.7 Å². The lowest BCUT2D eigenvalue weighted by molar-refractivity contribution is 0.0771. The minimum atomic E-state index is 0.0632. The van der Waals surface area contributed by atoms with Crippen molar-refractivity contribution < 1.29 is 4.79 Å². The predicted octanol–water partition coefficient (Wildman–Crippen LogP) is 2.40. The van der Waals surface area contributed by atoms with Crippen molar-refractivity contribution in [3.63, 3.8) is 0 Å². The molecule has 6 heteroatoms. The molecule has 1 saturated heterocycles. The number of carbonyl (C=O) groups is 1. The molecule has 0 bridgehead atoms. The molecule has 1 aromatic carbocycles. The average Bonchev–Trinajstić information content (AvgIpc) is 3.30. The van der Waals surface area contributed by atoms with E-state index in [9.17, 15) is 4.79 Å². The van der Waals surface area contributed by atoms with Crippen molar-refractivity contribution in [1.82, 2.24) is 14.5 Å². The highest BCUT2D eigenvalue weighted by Gasteiger charge is 2.43. The van der Waals surface area contributed by atoms with Gasteiger partial charge in [-0.3, -0.25) is 9.36 Å². The van der Waals surface area contributed by atoms with Crippen LogP contribution < -0.4 is 5.73 Å². The van der Waals surface area contributed by atoms with Crippen molar-refractivity contribution >= 4 is 17.7 Å². The summed E-state index contributed by atoms with van der Waals surface area (Å²) < 4.78 is 1.96. The lowest BCUT2D eigenvalue weighted by atomic mass is 9.98. The van der Waals surface area contributed by atoms with Gasteiger partial charge in [-0.2, -0.15) is 0 Å². The number of imidazole rings is 1. The molecule has 4 rings (SSSR count). The van der Waals surface area contributed by atoms with Crippen molar-refractivity contribution in [3.8, 4) is 5.69 Å². The van der Waals surface area contributed by atoms with Crippen LogP contribution in [0.2, 0.25) is 0 Å². The zero-order chi connectivity index (χ0) is 16.7. The Balaban J connectivity index is 1.65. The normalized spacial score (nSPS) is 25.9. The summed E-state index contributed by atoms with van der Waals surface area (Å²) in [5.74, 6) is 1.09. The number of para-hydroxylation sites is 1. The summed E-state index contributed by atoms with van der Waals surface area (Å²) in [4.78, 5) is 19.5. The zero-order valence-electron chi connectivity index (χ0n) is 13.8. The molecule has 2 aliphatic rings. The van der Waals surface area contributed by atoms with Crippen LogP contribution in [-0.4, -0.2) is 45.7 Å². The lowest BCUT2D eigenvalue weighted by Gasteiger charge is -2.20. The fourth-order valence-corrected chi connectivity index (χ4v) is 4.64. The van der Waals surface area contributed by atoms with Gasteiger partial charge in [0.25, 0.3) is 5.91 Å². The van der Waals surface area contributed by atoms with Crippen molar-refractivity contribution in [1.29, 1.82) is 0 Å². The summed E-state index contributed by atoms with van der Waals surface area (Å²) in [7, 11) is 0. The van der Waals surface area contributed by atoms with Gasteiger partial charge in [-0.05, 0) is 43.1 Å². The van der Waals surface area contributed by atoms with E-state index in [0.29, 0.717) is 17.5 Å². The Kier molecular flexibility index (Phi) is 4.10. The van der Waals surface area contributed by atoms with E-state index in [4.69, 9.17) is 5.73 Å². The number of thioether (sulfide) groups is 1. The third-order valence-electron chi connectivity index (χ3n) is 5.35. The topological polar surface area (TPSA) is 64.2 Å². The van der Waals surface area contributed by atoms with Gasteiger partial charge in [0.15, 0.2) is 5.16 Å². The van der Waals surface area contributed by atoms with E-state index in [-0.39, 0.29) is 11.9 Å². The van der Waals surface area contributed by atoms with E-state index in [1.54, 1.807) is 18.0 Å². The van der Waals surface area contributed by atoms with Gasteiger partial charge < -0.3 is 10.6 Å². The second-order valence-electron chi connectivity index (χ2n) is 6.68. The summed E-state index contributed by atoms with van der Waals surface area (Å²) in [6.07, 6.45) is 5.92. The number of nitrogens with two attached hydrogens (primary N) is 1. The van der Waals surface area contributed by atoms with Crippen LogP contribution in [0.1, 0.15) is 23.3 Å². The first-order valence-corrected chi connectivity index (χ1v) is 9.63. The minimum Gasteiger partial charge on any atom is -0.337 e. The molecule has 0 spiro atoms. The summed E-state index contributed by atoms with van der Waals surface area (Å²) >= 11 is 1.55. The number of likely N-dealkylation sites (tertiary alicyclic amines) is 1. The van der Waals surface area contributed by atoms with Gasteiger partial charge in [-0.1, -0.05) is 30.0 Å². The number of hydrogen-bond acceptors (Lipinski definition) is 4. The highest BCUT2D eigenvalue weighted by atomic mass is 32.2. The molecule has 2 N–H and O–H groups in total. The van der Waals surface area contributed by atoms with Crippen LogP contribution in [0.25, 0.3) is 5.69 Å². The van der Waals surface area contributed by atoms with Gasteiger partial charge in [0.2, 0.25) is 0 Å². The molecule has 1 aromatic heterocycles. The maximum Gasteiger partial charge on any atom is 0.272 e. The number of aromatic nitrogens is 2. The number of amides is 1. The van der Waals surface area contributed by atoms with E-state index in [1.807, 2.05) is 46.1 Å². The Hall–Kier alpha value is -1.79. The molecule has 2 aromatic rings. The highest BCUT2D eigenvalue weighted by Crippen LogP contribution is 2.37. The Morgan fingerprint density at radius 1 is 1.25 bits per heavy atom. The molecule has 1 aliphatic carbocycles. The van der Waals surface area contributed by atoms with Crippen LogP contribution in [0.3, 0.4) is 0 Å². The van der Waals surface area contributed by atoms with E-state index in [2.05, 4.69) is 4.98 Å². The molecule has 0 radical (unpaired) electrons. The molecule has 5 nitrogen and oxygen atoms in total. The van der Waals surface area contributed by atoms with E-state index in [1.165, 1.54) is 0 Å². The summed E-state index contributed by atoms with van der Waals surface area (Å²) in [6, 6.07) is 10.2. The predicted molar refractivity (Wildman–Crippen MR) is 95.4 cm³/mol. The maximum absolute atomic E-state index is 13.1. The van der Waals surface area contributed by atoms with Crippen LogP contribution in [0.5, 0.6) is 0 Å². The monoisotopic (exact) mass is 342 g/mol. The number of benzene rings is 1. The Labute approximate surface area is 146 Å². The van der Waals surface area contributed by atoms with Gasteiger partial charge in [0.1, 0.15) is 5.69 Å². The van der Waals surface area contributed by atoms with Gasteiger partial charge >= 0.3 is 0 Å². The second-order valence-corrected chi connectivity index (χ2v) is 7.45. The van der Waals surface area contributed by atoms with Gasteiger partial charge in [-0.25, -0.2) is 4.98 Å². The van der Waals surface area contributed by atoms with Crippen LogP contribution >= 0.6 is 11.8 Å². The highest BCUT2D eigenvalue weighted by molar-refractivity contribution is 7.98. The summed E-state index contributed by atoms with van der Waals surface area (Å²) in [5.41, 5.74) is 7.82. The molecule has 1 saturated carbocycles. The van der Waals surface area contributed by atoms with Gasteiger partial charge in [0.05, 0.1) is 6.20 Å². The van der Waals surface area contributed by atoms with Crippen molar-refractivity contribution in [2.24, 2.45) is 17.6 Å². The quantitative estimate of drug-likeness (QED) is 0.870. The number of hydrogen-bond donors (Lipinski definition) is 1. The average molecular weight is 342 g/mol. The lowest BCUT2D eigenvalue weighted by Crippen LogP contribution is -2.34. The van der Waals surface area contributed by atoms with Gasteiger partial charge in [0, 0.05) is 24.8 Å². The first-order chi connectivity index (χ1) is 11.7. The Morgan fingerprint density at radius 2 is 2.04 bits per heavy atom. The smallest absolute Gasteiger partial charge is 0.272 e. The van der Waals surface area contributed by atoms with E-state index >= 15 is 0 Å². The van der Waals surface area contributed by atoms with E-state index in [0.717, 1.165) is 36.8 Å². The Bertz CT molecular complexity index is 745. The van der Waals surface area contributed by atoms with Crippen LogP contribution in [0, 0.1) is 11.8 Å². The molecular weight excluding hydrogens is 320 g/mol. The maximum atomic E-state index is 13.1. The molecule has 2 heterocycles. The fraction of sp³-hybridized carbons (Fsp3) is 0.444. The first-order valence-electron chi connectivity index (χ1n) is 8.41. The molecule has 126 valence electrons. The third kappa shape index (κ3) is 2.54. The molecule has 1 amide bonds. The molecule has 3 unspecified atom stereocenters. The zero-order valence-corrected chi connectivity index (χ0v) is 14.6. The first kappa shape index (κ1) is 15.7. The molecule has 2 fully saturated rings. The number of fused-ring (bicyclic) bond motifs is 1. The van der Waals surface area contributed by atoms with Crippen molar-refractivity contribution in [3.05, 3.63) is 42.2 Å². The SMILES string of the molecule is CSc1ncc(C(=O)N2CC3CCC(N)C3C2)n1-c1ccccc1. The standard InChI is InChI=1S/C18H22N4OS/c1-24-18-20-9-16(22(18)13-5-3-2-4-6-13)17(23)21-10-12-7-8-15(19)14(12)11-21/h2-6,9,12,14-15H,7-8,10-11,19H2,1H3. The summed E-state index contributed by atoms with van der Waals surface area (Å²) in [6.45, 7) is 1.60. The minimum absolute atomic E-state index is 0.0632. The van der Waals surface area contributed by atoms with Crippen LogP contribution in [0.4, 0.5) is 0 Å². The second kappa shape index (κ2) is 6.26. The largest absolute Gasteiger partial charge is 0.337 e. The number of rotatable bonds is 3. The van der Waals surface area contributed by atoms with Crippen molar-refractivity contribution in [2.75, 3.05) is 19.3 Å². The van der Waals surface area contributed by atoms with Crippen molar-refractivity contribution in [2.45, 2.75) is 24.0 Å². The Morgan fingerprint density at radius 3 is 2.75 bits per heavy atom. The number of nitrogens with zero attached hydrogens (tertiary/aromatic N) is 3. The van der Waals surface area contributed by atoms with Gasteiger partial charge in [-0.15, -0.1) is 0 Å². The third-order valence-corrected chi connectivity index (χ3v) is 6.00. The van der Waals surface area contributed by atoms with Crippen LogP contribution in [-0.2, 0) is 0 Å². The fourth-order valence-electron chi connectivity index (χ4n) is 4.09. The summed E-state index contributed by atoms with van der Waals surface area (Å²) in [5, 5.41) is 0.834. The molecule has 3 atom stereocenters. The molecular formula is C18H22N4OS. The molecule has 24 heavy (non-hydrogen) atoms. The van der Waals surface area contributed by atoms with E-state index < -0.39 is 0 Å². The number of carbonyl (C=O) groups excluding carboxylic acids is 1. The molecule has 1 aliphatic heterocycles.